The third-order valence-corrected chi connectivity index (χ3v) is 4.08. The summed E-state index contributed by atoms with van der Waals surface area (Å²) in [5, 5.41) is 20.4. The Morgan fingerprint density at radius 2 is 1.70 bits per heavy atom. The van der Waals surface area contributed by atoms with Crippen LogP contribution in [0.4, 0.5) is 0 Å². The molecule has 0 saturated carbocycles. The van der Waals surface area contributed by atoms with E-state index < -0.39 is 11.9 Å². The van der Waals surface area contributed by atoms with Crippen molar-refractivity contribution in [1.82, 2.24) is 0 Å². The molecule has 102 valence electrons. The fraction of sp³-hybridized carbons (Fsp3) is 0.250. The van der Waals surface area contributed by atoms with E-state index in [1.54, 1.807) is 0 Å². The SMILES string of the molecule is CCc1cccc2c3c(c(C(=O)O)c(C(=O)O)c12)CC3. The highest BCUT2D eigenvalue weighted by Crippen LogP contribution is 2.39. The predicted octanol–water partition coefficient (Wildman–Crippen LogP) is 2.90. The number of rotatable bonds is 3. The maximum Gasteiger partial charge on any atom is 0.337 e. The second-order valence-corrected chi connectivity index (χ2v) is 5.01. The molecule has 0 bridgehead atoms. The molecule has 20 heavy (non-hydrogen) atoms. The second kappa shape index (κ2) is 4.34. The van der Waals surface area contributed by atoms with Crippen LogP contribution in [0, 0.1) is 0 Å². The maximum absolute atomic E-state index is 11.6. The molecule has 4 heteroatoms. The number of aromatic carboxylic acids is 2. The average Bonchev–Trinajstić information content (AvgIpc) is 2.36. The molecule has 0 radical (unpaired) electrons. The van der Waals surface area contributed by atoms with E-state index in [9.17, 15) is 19.8 Å². The van der Waals surface area contributed by atoms with Gasteiger partial charge in [-0.05, 0) is 41.3 Å². The van der Waals surface area contributed by atoms with Gasteiger partial charge in [-0.25, -0.2) is 9.59 Å². The van der Waals surface area contributed by atoms with Crippen LogP contribution >= 0.6 is 0 Å². The molecule has 2 aromatic rings. The van der Waals surface area contributed by atoms with E-state index in [1.807, 2.05) is 25.1 Å². The normalized spacial score (nSPS) is 12.8. The molecule has 0 aromatic heterocycles. The van der Waals surface area contributed by atoms with Gasteiger partial charge in [0.15, 0.2) is 0 Å². The molecule has 4 nitrogen and oxygen atoms in total. The Bertz CT molecular complexity index is 759. The standard InChI is InChI=1S/C16H14O4/c1-2-8-4-3-5-10-9-6-7-11(9)13(15(17)18)14(12(8)10)16(19)20/h3-5H,2,6-7H2,1H3,(H,17,18)(H,19,20). The molecule has 3 rings (SSSR count). The van der Waals surface area contributed by atoms with Crippen molar-refractivity contribution in [3.63, 3.8) is 0 Å². The third-order valence-electron chi connectivity index (χ3n) is 4.08. The summed E-state index contributed by atoms with van der Waals surface area (Å²) in [6, 6.07) is 5.67. The number of hydrogen-bond donors (Lipinski definition) is 2. The second-order valence-electron chi connectivity index (χ2n) is 5.01. The maximum atomic E-state index is 11.6. The van der Waals surface area contributed by atoms with Gasteiger partial charge in [0.05, 0.1) is 11.1 Å². The fourth-order valence-corrected chi connectivity index (χ4v) is 3.12. The van der Waals surface area contributed by atoms with Gasteiger partial charge >= 0.3 is 11.9 Å². The van der Waals surface area contributed by atoms with E-state index in [2.05, 4.69) is 0 Å². The topological polar surface area (TPSA) is 74.6 Å². The van der Waals surface area contributed by atoms with Crippen molar-refractivity contribution in [3.05, 3.63) is 46.0 Å². The summed E-state index contributed by atoms with van der Waals surface area (Å²) in [5.74, 6) is -2.31. The van der Waals surface area contributed by atoms with Crippen molar-refractivity contribution in [2.45, 2.75) is 26.2 Å². The van der Waals surface area contributed by atoms with Crippen LogP contribution in [0.1, 0.15) is 44.3 Å². The zero-order chi connectivity index (χ0) is 14.4. The Labute approximate surface area is 115 Å². The lowest BCUT2D eigenvalue weighted by Gasteiger charge is -2.26. The Kier molecular flexibility index (Phi) is 2.74. The minimum absolute atomic E-state index is 0.0212. The highest BCUT2D eigenvalue weighted by Gasteiger charge is 2.31. The number of hydrogen-bond acceptors (Lipinski definition) is 2. The summed E-state index contributed by atoms with van der Waals surface area (Å²) in [6.45, 7) is 1.94. The summed E-state index contributed by atoms with van der Waals surface area (Å²) in [7, 11) is 0. The molecule has 0 heterocycles. The summed E-state index contributed by atoms with van der Waals surface area (Å²) in [5.41, 5.74) is 2.50. The minimum atomic E-state index is -1.16. The molecular weight excluding hydrogens is 256 g/mol. The van der Waals surface area contributed by atoms with Gasteiger partial charge in [-0.3, -0.25) is 0 Å². The van der Waals surface area contributed by atoms with E-state index >= 15 is 0 Å². The molecule has 0 aliphatic heterocycles. The van der Waals surface area contributed by atoms with Gasteiger partial charge in [-0.2, -0.15) is 0 Å². The van der Waals surface area contributed by atoms with Gasteiger partial charge in [0.2, 0.25) is 0 Å². The van der Waals surface area contributed by atoms with Crippen LogP contribution in [0.5, 0.6) is 0 Å². The zero-order valence-corrected chi connectivity index (χ0v) is 11.1. The molecule has 1 aliphatic carbocycles. The fourth-order valence-electron chi connectivity index (χ4n) is 3.12. The number of carboxylic acid groups (broad SMARTS) is 2. The molecule has 0 atom stereocenters. The third kappa shape index (κ3) is 1.54. The summed E-state index contributed by atoms with van der Waals surface area (Å²) >= 11 is 0. The van der Waals surface area contributed by atoms with Crippen molar-refractivity contribution in [2.75, 3.05) is 0 Å². The van der Waals surface area contributed by atoms with E-state index in [1.165, 1.54) is 0 Å². The Balaban J connectivity index is 2.57. The number of aryl methyl sites for hydroxylation is 2. The van der Waals surface area contributed by atoms with Crippen molar-refractivity contribution in [3.8, 4) is 0 Å². The van der Waals surface area contributed by atoms with Crippen LogP contribution in [0.25, 0.3) is 10.8 Å². The van der Waals surface area contributed by atoms with E-state index in [0.29, 0.717) is 23.8 Å². The van der Waals surface area contributed by atoms with Gasteiger partial charge in [-0.1, -0.05) is 25.1 Å². The summed E-state index contributed by atoms with van der Waals surface area (Å²) < 4.78 is 0. The average molecular weight is 270 g/mol. The van der Waals surface area contributed by atoms with Gasteiger partial charge < -0.3 is 10.2 Å². The predicted molar refractivity (Wildman–Crippen MR) is 74.7 cm³/mol. The molecule has 0 amide bonds. The molecule has 0 saturated heterocycles. The molecule has 0 unspecified atom stereocenters. The monoisotopic (exact) mass is 270 g/mol. The van der Waals surface area contributed by atoms with Crippen molar-refractivity contribution in [1.29, 1.82) is 0 Å². The smallest absolute Gasteiger partial charge is 0.337 e. The van der Waals surface area contributed by atoms with Crippen molar-refractivity contribution >= 4 is 22.7 Å². The lowest BCUT2D eigenvalue weighted by atomic mass is 9.77. The highest BCUT2D eigenvalue weighted by molar-refractivity contribution is 6.15. The van der Waals surface area contributed by atoms with Crippen molar-refractivity contribution < 1.29 is 19.8 Å². The van der Waals surface area contributed by atoms with Crippen LogP contribution in [-0.2, 0) is 19.3 Å². The summed E-state index contributed by atoms with van der Waals surface area (Å²) in [6.07, 6.45) is 2.14. The number of fused-ring (bicyclic) bond motifs is 3. The van der Waals surface area contributed by atoms with Crippen LogP contribution in [-0.4, -0.2) is 22.2 Å². The van der Waals surface area contributed by atoms with Crippen molar-refractivity contribution in [2.24, 2.45) is 0 Å². The Morgan fingerprint density at radius 3 is 2.20 bits per heavy atom. The van der Waals surface area contributed by atoms with Gasteiger partial charge in [0.1, 0.15) is 0 Å². The van der Waals surface area contributed by atoms with E-state index in [4.69, 9.17) is 0 Å². The quantitative estimate of drug-likeness (QED) is 0.899. The van der Waals surface area contributed by atoms with Gasteiger partial charge in [0.25, 0.3) is 0 Å². The number of carbonyl (C=O) groups is 2. The van der Waals surface area contributed by atoms with E-state index in [-0.39, 0.29) is 11.1 Å². The molecule has 2 aromatic carbocycles. The minimum Gasteiger partial charge on any atom is -0.478 e. The first-order valence-electron chi connectivity index (χ1n) is 6.62. The summed E-state index contributed by atoms with van der Waals surface area (Å²) in [4.78, 5) is 23.1. The molecule has 2 N–H and O–H groups in total. The first kappa shape index (κ1) is 12.7. The van der Waals surface area contributed by atoms with Gasteiger partial charge in [-0.15, -0.1) is 0 Å². The lowest BCUT2D eigenvalue weighted by molar-refractivity contribution is 0.0651. The molecule has 1 aliphatic rings. The Hall–Kier alpha value is -2.36. The zero-order valence-electron chi connectivity index (χ0n) is 11.1. The van der Waals surface area contributed by atoms with E-state index in [0.717, 1.165) is 22.9 Å². The van der Waals surface area contributed by atoms with Crippen LogP contribution < -0.4 is 0 Å². The first-order chi connectivity index (χ1) is 9.56. The highest BCUT2D eigenvalue weighted by atomic mass is 16.4. The number of carboxylic acids is 2. The van der Waals surface area contributed by atoms with Crippen LogP contribution in [0.3, 0.4) is 0 Å². The largest absolute Gasteiger partial charge is 0.478 e. The molecule has 0 spiro atoms. The first-order valence-corrected chi connectivity index (χ1v) is 6.62. The number of benzene rings is 2. The van der Waals surface area contributed by atoms with Crippen LogP contribution in [0.15, 0.2) is 18.2 Å². The van der Waals surface area contributed by atoms with Crippen LogP contribution in [0.2, 0.25) is 0 Å². The molecular formula is C16H14O4. The lowest BCUT2D eigenvalue weighted by Crippen LogP contribution is -2.21. The van der Waals surface area contributed by atoms with Gasteiger partial charge in [0, 0.05) is 5.39 Å². The Morgan fingerprint density at radius 1 is 1.05 bits per heavy atom. The molecule has 0 fully saturated rings.